The van der Waals surface area contributed by atoms with Crippen LogP contribution in [-0.2, 0) is 11.3 Å². The van der Waals surface area contributed by atoms with Crippen molar-refractivity contribution in [1.82, 2.24) is 4.98 Å². The van der Waals surface area contributed by atoms with Crippen LogP contribution in [0.1, 0.15) is 27.0 Å². The van der Waals surface area contributed by atoms with Gasteiger partial charge in [-0.05, 0) is 54.8 Å². The molecule has 0 radical (unpaired) electrons. The van der Waals surface area contributed by atoms with Crippen LogP contribution in [0.4, 0.5) is 5.69 Å². The van der Waals surface area contributed by atoms with E-state index in [1.54, 1.807) is 19.2 Å². The smallest absolute Gasteiger partial charge is 0.255 e. The molecule has 5 nitrogen and oxygen atoms in total. The lowest BCUT2D eigenvalue weighted by Gasteiger charge is -2.10. The molecule has 0 aliphatic heterocycles. The van der Waals surface area contributed by atoms with Crippen molar-refractivity contribution in [3.05, 3.63) is 75.1 Å². The predicted molar refractivity (Wildman–Crippen MR) is 99.2 cm³/mol. The van der Waals surface area contributed by atoms with E-state index in [1.807, 2.05) is 38.1 Å². The number of pyridine rings is 1. The SMILES string of the molecule is COCc1cc(=O)[nH]c2cc(NC(=O)c3ccc(C)c(C)c3)ccc12. The summed E-state index contributed by atoms with van der Waals surface area (Å²) in [7, 11) is 1.59. The van der Waals surface area contributed by atoms with Crippen LogP contribution in [-0.4, -0.2) is 18.0 Å². The highest BCUT2D eigenvalue weighted by molar-refractivity contribution is 6.05. The van der Waals surface area contributed by atoms with Gasteiger partial charge in [-0.15, -0.1) is 0 Å². The number of anilines is 1. The van der Waals surface area contributed by atoms with E-state index in [2.05, 4.69) is 10.3 Å². The minimum Gasteiger partial charge on any atom is -0.380 e. The Morgan fingerprint density at radius 3 is 2.60 bits per heavy atom. The van der Waals surface area contributed by atoms with E-state index in [-0.39, 0.29) is 11.5 Å². The molecule has 2 aromatic carbocycles. The summed E-state index contributed by atoms with van der Waals surface area (Å²) in [5.41, 5.74) is 4.72. The van der Waals surface area contributed by atoms with Gasteiger partial charge in [-0.25, -0.2) is 0 Å². The van der Waals surface area contributed by atoms with Crippen molar-refractivity contribution in [3.63, 3.8) is 0 Å². The van der Waals surface area contributed by atoms with Gasteiger partial charge in [-0.3, -0.25) is 9.59 Å². The van der Waals surface area contributed by atoms with Crippen LogP contribution < -0.4 is 10.9 Å². The largest absolute Gasteiger partial charge is 0.380 e. The number of hydrogen-bond donors (Lipinski definition) is 2. The van der Waals surface area contributed by atoms with E-state index in [4.69, 9.17) is 4.74 Å². The third-order valence-electron chi connectivity index (χ3n) is 4.26. The van der Waals surface area contributed by atoms with Gasteiger partial charge in [0.2, 0.25) is 5.56 Å². The van der Waals surface area contributed by atoms with Crippen molar-refractivity contribution < 1.29 is 9.53 Å². The van der Waals surface area contributed by atoms with Crippen molar-refractivity contribution in [2.24, 2.45) is 0 Å². The summed E-state index contributed by atoms with van der Waals surface area (Å²) in [6.07, 6.45) is 0. The average molecular weight is 336 g/mol. The molecule has 3 aromatic rings. The van der Waals surface area contributed by atoms with Crippen LogP contribution >= 0.6 is 0 Å². The summed E-state index contributed by atoms with van der Waals surface area (Å²) in [6.45, 7) is 4.34. The van der Waals surface area contributed by atoms with E-state index < -0.39 is 0 Å². The van der Waals surface area contributed by atoms with Crippen LogP contribution in [0.15, 0.2) is 47.3 Å². The molecule has 128 valence electrons. The van der Waals surface area contributed by atoms with Crippen molar-refractivity contribution in [2.45, 2.75) is 20.5 Å². The molecule has 0 atom stereocenters. The minimum absolute atomic E-state index is 0.183. The number of aromatic amines is 1. The lowest BCUT2D eigenvalue weighted by atomic mass is 10.1. The molecule has 1 aromatic heterocycles. The van der Waals surface area contributed by atoms with Crippen molar-refractivity contribution in [1.29, 1.82) is 0 Å². The molecule has 2 N–H and O–H groups in total. The van der Waals surface area contributed by atoms with Crippen LogP contribution in [0.2, 0.25) is 0 Å². The molecular formula is C20H20N2O3. The van der Waals surface area contributed by atoms with Crippen LogP contribution in [0.5, 0.6) is 0 Å². The maximum atomic E-state index is 12.4. The van der Waals surface area contributed by atoms with Crippen LogP contribution in [0.25, 0.3) is 10.9 Å². The number of H-pyrrole nitrogens is 1. The van der Waals surface area contributed by atoms with Gasteiger partial charge in [0.1, 0.15) is 0 Å². The van der Waals surface area contributed by atoms with Gasteiger partial charge in [0.15, 0.2) is 0 Å². The van der Waals surface area contributed by atoms with Gasteiger partial charge in [0.25, 0.3) is 5.91 Å². The average Bonchev–Trinajstić information content (AvgIpc) is 2.57. The van der Waals surface area contributed by atoms with Gasteiger partial charge < -0.3 is 15.0 Å². The molecule has 1 heterocycles. The highest BCUT2D eigenvalue weighted by Gasteiger charge is 2.09. The van der Waals surface area contributed by atoms with Crippen molar-refractivity contribution >= 4 is 22.5 Å². The first kappa shape index (κ1) is 16.9. The Hall–Kier alpha value is -2.92. The number of hydrogen-bond acceptors (Lipinski definition) is 3. The van der Waals surface area contributed by atoms with E-state index in [0.29, 0.717) is 23.4 Å². The number of ether oxygens (including phenoxy) is 1. The molecule has 0 saturated heterocycles. The maximum absolute atomic E-state index is 12.4. The van der Waals surface area contributed by atoms with Gasteiger partial charge >= 0.3 is 0 Å². The summed E-state index contributed by atoms with van der Waals surface area (Å²) < 4.78 is 5.14. The lowest BCUT2D eigenvalue weighted by Crippen LogP contribution is -2.13. The number of carbonyl (C=O) groups excluding carboxylic acids is 1. The number of carbonyl (C=O) groups is 1. The molecule has 1 amide bonds. The molecule has 0 bridgehead atoms. The summed E-state index contributed by atoms with van der Waals surface area (Å²) in [5.74, 6) is -0.183. The number of aromatic nitrogens is 1. The summed E-state index contributed by atoms with van der Waals surface area (Å²) in [4.78, 5) is 27.0. The van der Waals surface area contributed by atoms with Gasteiger partial charge in [0.05, 0.1) is 12.1 Å². The van der Waals surface area contributed by atoms with E-state index in [0.717, 1.165) is 22.1 Å². The van der Waals surface area contributed by atoms with E-state index in [9.17, 15) is 9.59 Å². The number of fused-ring (bicyclic) bond motifs is 1. The second-order valence-electron chi connectivity index (χ2n) is 6.11. The lowest BCUT2D eigenvalue weighted by molar-refractivity contribution is 0.102. The molecule has 5 heteroatoms. The Labute approximate surface area is 145 Å². The molecule has 0 fully saturated rings. The zero-order valence-corrected chi connectivity index (χ0v) is 14.5. The number of aryl methyl sites for hydroxylation is 2. The number of amides is 1. The molecule has 0 spiro atoms. The zero-order valence-electron chi connectivity index (χ0n) is 14.5. The van der Waals surface area contributed by atoms with Crippen LogP contribution in [0, 0.1) is 13.8 Å². The van der Waals surface area contributed by atoms with Crippen LogP contribution in [0.3, 0.4) is 0 Å². The second kappa shape index (κ2) is 6.91. The van der Waals surface area contributed by atoms with Gasteiger partial charge in [-0.1, -0.05) is 12.1 Å². The molecule has 0 saturated carbocycles. The second-order valence-corrected chi connectivity index (χ2v) is 6.11. The Balaban J connectivity index is 1.92. The highest BCUT2D eigenvalue weighted by Crippen LogP contribution is 2.21. The Morgan fingerprint density at radius 2 is 1.88 bits per heavy atom. The molecule has 0 unspecified atom stereocenters. The monoisotopic (exact) mass is 336 g/mol. The van der Waals surface area contributed by atoms with Gasteiger partial charge in [-0.2, -0.15) is 0 Å². The fraction of sp³-hybridized carbons (Fsp3) is 0.200. The first-order chi connectivity index (χ1) is 12.0. The molecular weight excluding hydrogens is 316 g/mol. The maximum Gasteiger partial charge on any atom is 0.255 e. The third-order valence-corrected chi connectivity index (χ3v) is 4.26. The summed E-state index contributed by atoms with van der Waals surface area (Å²) in [5, 5.41) is 3.77. The molecule has 0 aliphatic carbocycles. The third kappa shape index (κ3) is 3.61. The van der Waals surface area contributed by atoms with Gasteiger partial charge in [0, 0.05) is 29.8 Å². The van der Waals surface area contributed by atoms with Crippen molar-refractivity contribution in [2.75, 3.05) is 12.4 Å². The number of benzene rings is 2. The minimum atomic E-state index is -0.197. The Kier molecular flexibility index (Phi) is 4.67. The van der Waals surface area contributed by atoms with E-state index >= 15 is 0 Å². The number of rotatable bonds is 4. The van der Waals surface area contributed by atoms with Crippen molar-refractivity contribution in [3.8, 4) is 0 Å². The quantitative estimate of drug-likeness (QED) is 0.765. The number of methoxy groups -OCH3 is 1. The first-order valence-electron chi connectivity index (χ1n) is 8.01. The Bertz CT molecular complexity index is 1010. The standard InChI is InChI=1S/C20H20N2O3/c1-12-4-5-14(8-13(12)2)20(24)21-16-6-7-17-15(11-25-3)9-19(23)22-18(17)10-16/h4-10H,11H2,1-3H3,(H,21,24)(H,22,23). The van der Waals surface area contributed by atoms with E-state index in [1.165, 1.54) is 6.07 Å². The summed E-state index contributed by atoms with van der Waals surface area (Å²) in [6, 6.07) is 12.6. The fourth-order valence-corrected chi connectivity index (χ4v) is 2.77. The fourth-order valence-electron chi connectivity index (χ4n) is 2.77. The predicted octanol–water partition coefficient (Wildman–Crippen LogP) is 3.54. The normalized spacial score (nSPS) is 10.8. The topological polar surface area (TPSA) is 71.2 Å². The summed E-state index contributed by atoms with van der Waals surface area (Å²) >= 11 is 0. The molecule has 0 aliphatic rings. The molecule has 25 heavy (non-hydrogen) atoms. The highest BCUT2D eigenvalue weighted by atomic mass is 16.5. The first-order valence-corrected chi connectivity index (χ1v) is 8.01. The number of nitrogens with one attached hydrogen (secondary N) is 2. The Morgan fingerprint density at radius 1 is 1.08 bits per heavy atom. The molecule has 3 rings (SSSR count). The zero-order chi connectivity index (χ0) is 18.0.